The fraction of sp³-hybridized carbons (Fsp3) is 0.308. The lowest BCUT2D eigenvalue weighted by Gasteiger charge is -2.13. The van der Waals surface area contributed by atoms with E-state index in [4.69, 9.17) is 5.73 Å². The van der Waals surface area contributed by atoms with Gasteiger partial charge in [-0.1, -0.05) is 6.92 Å². The molecular weight excluding hydrogens is 252 g/mol. The molecule has 0 amide bonds. The van der Waals surface area contributed by atoms with Crippen LogP contribution in [0.3, 0.4) is 0 Å². The minimum Gasteiger partial charge on any atom is -0.393 e. The molecule has 2 aromatic rings. The number of nitrogen functional groups attached to an aromatic ring is 1. The van der Waals surface area contributed by atoms with Crippen molar-refractivity contribution in [1.29, 1.82) is 0 Å². The van der Waals surface area contributed by atoms with Crippen molar-refractivity contribution in [1.82, 2.24) is 9.36 Å². The minimum atomic E-state index is -0.794. The van der Waals surface area contributed by atoms with E-state index in [1.165, 1.54) is 6.07 Å². The Labute approximate surface area is 109 Å². The van der Waals surface area contributed by atoms with E-state index in [1.54, 1.807) is 11.6 Å². The van der Waals surface area contributed by atoms with Crippen molar-refractivity contribution < 1.29 is 8.78 Å². The smallest absolute Gasteiger partial charge is 0.294 e. The number of benzene rings is 1. The molecule has 0 atom stereocenters. The second-order valence-electron chi connectivity index (χ2n) is 4.33. The highest BCUT2D eigenvalue weighted by atomic mass is 19.1. The van der Waals surface area contributed by atoms with Crippen molar-refractivity contribution in [2.24, 2.45) is 0 Å². The molecule has 0 bridgehead atoms. The summed E-state index contributed by atoms with van der Waals surface area (Å²) >= 11 is 0. The van der Waals surface area contributed by atoms with Gasteiger partial charge in [0, 0.05) is 12.6 Å². The summed E-state index contributed by atoms with van der Waals surface area (Å²) in [6.07, 6.45) is 0.761. The SMILES string of the molecule is CCCn1c(C)c(N)c(=O)n1-c1ccc(F)cc1F. The first-order valence-corrected chi connectivity index (χ1v) is 6.00. The molecule has 0 fully saturated rings. The highest BCUT2D eigenvalue weighted by Crippen LogP contribution is 2.17. The van der Waals surface area contributed by atoms with E-state index in [-0.39, 0.29) is 11.4 Å². The monoisotopic (exact) mass is 267 g/mol. The molecule has 0 aliphatic carbocycles. The van der Waals surface area contributed by atoms with Gasteiger partial charge >= 0.3 is 0 Å². The summed E-state index contributed by atoms with van der Waals surface area (Å²) in [6, 6.07) is 3.09. The highest BCUT2D eigenvalue weighted by molar-refractivity contribution is 5.45. The maximum absolute atomic E-state index is 13.8. The second-order valence-corrected chi connectivity index (χ2v) is 4.33. The topological polar surface area (TPSA) is 52.9 Å². The average molecular weight is 267 g/mol. The van der Waals surface area contributed by atoms with Crippen LogP contribution in [0.5, 0.6) is 0 Å². The number of halogens is 2. The predicted octanol–water partition coefficient (Wildman–Crippen LogP) is 2.22. The van der Waals surface area contributed by atoms with Crippen molar-refractivity contribution in [2.45, 2.75) is 26.8 Å². The standard InChI is InChI=1S/C13H15F2N3O/c1-3-6-17-8(2)12(16)13(19)18(17)11-5-4-9(14)7-10(11)15/h4-5,7H,3,6,16H2,1-2H3. The lowest BCUT2D eigenvalue weighted by molar-refractivity contribution is 0.501. The maximum atomic E-state index is 13.8. The first kappa shape index (κ1) is 13.3. The zero-order valence-electron chi connectivity index (χ0n) is 10.8. The van der Waals surface area contributed by atoms with Crippen molar-refractivity contribution in [2.75, 3.05) is 5.73 Å². The molecule has 6 heteroatoms. The van der Waals surface area contributed by atoms with Crippen molar-refractivity contribution in [3.05, 3.63) is 45.9 Å². The third-order valence-corrected chi connectivity index (χ3v) is 3.01. The van der Waals surface area contributed by atoms with E-state index in [0.29, 0.717) is 12.2 Å². The molecule has 0 radical (unpaired) electrons. The Bertz CT molecular complexity index is 673. The Morgan fingerprint density at radius 1 is 1.32 bits per heavy atom. The number of aromatic nitrogens is 2. The number of nitrogens with two attached hydrogens (primary N) is 1. The van der Waals surface area contributed by atoms with Gasteiger partial charge in [-0.2, -0.15) is 0 Å². The van der Waals surface area contributed by atoms with Crippen LogP contribution >= 0.6 is 0 Å². The van der Waals surface area contributed by atoms with Crippen molar-refractivity contribution >= 4 is 5.69 Å². The lowest BCUT2D eigenvalue weighted by atomic mass is 10.3. The number of hydrogen-bond donors (Lipinski definition) is 1. The number of hydrogen-bond acceptors (Lipinski definition) is 2. The van der Waals surface area contributed by atoms with Gasteiger partial charge < -0.3 is 5.73 Å². The molecule has 0 unspecified atom stereocenters. The Morgan fingerprint density at radius 3 is 2.58 bits per heavy atom. The maximum Gasteiger partial charge on any atom is 0.294 e. The predicted molar refractivity (Wildman–Crippen MR) is 69.4 cm³/mol. The van der Waals surface area contributed by atoms with Crippen LogP contribution in [0.1, 0.15) is 19.0 Å². The van der Waals surface area contributed by atoms with Crippen LogP contribution in [0.25, 0.3) is 5.69 Å². The molecule has 0 aliphatic heterocycles. The van der Waals surface area contributed by atoms with Crippen LogP contribution in [0.4, 0.5) is 14.5 Å². The first-order valence-electron chi connectivity index (χ1n) is 6.00. The third-order valence-electron chi connectivity index (χ3n) is 3.01. The first-order chi connectivity index (χ1) is 8.97. The number of nitrogens with zero attached hydrogens (tertiary/aromatic N) is 2. The molecule has 102 valence electrons. The van der Waals surface area contributed by atoms with Gasteiger partial charge in [-0.3, -0.25) is 9.48 Å². The van der Waals surface area contributed by atoms with Gasteiger partial charge in [0.2, 0.25) is 0 Å². The molecule has 1 heterocycles. The largest absolute Gasteiger partial charge is 0.393 e. The third kappa shape index (κ3) is 2.14. The van der Waals surface area contributed by atoms with Gasteiger partial charge in [0.25, 0.3) is 5.56 Å². The van der Waals surface area contributed by atoms with Gasteiger partial charge in [-0.15, -0.1) is 0 Å². The van der Waals surface area contributed by atoms with E-state index >= 15 is 0 Å². The minimum absolute atomic E-state index is 0.000324. The van der Waals surface area contributed by atoms with Crippen molar-refractivity contribution in [3.8, 4) is 5.69 Å². The fourth-order valence-corrected chi connectivity index (χ4v) is 2.04. The van der Waals surface area contributed by atoms with Gasteiger partial charge in [-0.05, 0) is 25.5 Å². The summed E-state index contributed by atoms with van der Waals surface area (Å²) in [6.45, 7) is 4.16. The van der Waals surface area contributed by atoms with Crippen molar-refractivity contribution in [3.63, 3.8) is 0 Å². The number of rotatable bonds is 3. The van der Waals surface area contributed by atoms with Crippen LogP contribution in [0.2, 0.25) is 0 Å². The summed E-state index contributed by atoms with van der Waals surface area (Å²) < 4.78 is 29.5. The van der Waals surface area contributed by atoms with Crippen LogP contribution in [-0.4, -0.2) is 9.36 Å². The lowest BCUT2D eigenvalue weighted by Crippen LogP contribution is -2.23. The van der Waals surface area contributed by atoms with Gasteiger partial charge in [0.1, 0.15) is 17.2 Å². The number of anilines is 1. The molecule has 0 saturated heterocycles. The molecule has 1 aromatic heterocycles. The van der Waals surface area contributed by atoms with E-state index in [9.17, 15) is 13.6 Å². The normalized spacial score (nSPS) is 10.9. The molecular formula is C13H15F2N3O. The summed E-state index contributed by atoms with van der Waals surface area (Å²) in [5.41, 5.74) is 5.87. The van der Waals surface area contributed by atoms with Gasteiger partial charge in [-0.25, -0.2) is 13.5 Å². The molecule has 4 nitrogen and oxygen atoms in total. The van der Waals surface area contributed by atoms with Gasteiger partial charge in [0.05, 0.1) is 5.69 Å². The molecule has 19 heavy (non-hydrogen) atoms. The molecule has 2 rings (SSSR count). The Balaban J connectivity index is 2.74. The summed E-state index contributed by atoms with van der Waals surface area (Å²) in [5.74, 6) is -1.48. The fourth-order valence-electron chi connectivity index (χ4n) is 2.04. The Hall–Kier alpha value is -2.11. The van der Waals surface area contributed by atoms with Crippen LogP contribution in [0, 0.1) is 18.6 Å². The van der Waals surface area contributed by atoms with Crippen LogP contribution < -0.4 is 11.3 Å². The van der Waals surface area contributed by atoms with Gasteiger partial charge in [0.15, 0.2) is 5.82 Å². The summed E-state index contributed by atoms with van der Waals surface area (Å²) in [5, 5.41) is 0. The zero-order valence-corrected chi connectivity index (χ0v) is 10.8. The highest BCUT2D eigenvalue weighted by Gasteiger charge is 2.18. The quantitative estimate of drug-likeness (QED) is 0.927. The second kappa shape index (κ2) is 4.87. The average Bonchev–Trinajstić information content (AvgIpc) is 2.56. The zero-order chi connectivity index (χ0) is 14.2. The molecule has 1 aromatic carbocycles. The van der Waals surface area contributed by atoms with Crippen LogP contribution in [-0.2, 0) is 6.54 Å². The van der Waals surface area contributed by atoms with E-state index in [1.807, 2.05) is 6.92 Å². The van der Waals surface area contributed by atoms with E-state index < -0.39 is 17.2 Å². The van der Waals surface area contributed by atoms with Crippen LogP contribution in [0.15, 0.2) is 23.0 Å². The molecule has 0 saturated carbocycles. The van der Waals surface area contributed by atoms with E-state index in [2.05, 4.69) is 0 Å². The molecule has 0 aliphatic rings. The molecule has 2 N–H and O–H groups in total. The molecule has 0 spiro atoms. The Kier molecular flexibility index (Phi) is 3.42. The Morgan fingerprint density at radius 2 is 2.00 bits per heavy atom. The van der Waals surface area contributed by atoms with E-state index in [0.717, 1.165) is 23.2 Å². The summed E-state index contributed by atoms with van der Waals surface area (Å²) in [7, 11) is 0. The summed E-state index contributed by atoms with van der Waals surface area (Å²) in [4.78, 5) is 12.1.